The van der Waals surface area contributed by atoms with Crippen LogP contribution in [-0.2, 0) is 0 Å². The Morgan fingerprint density at radius 3 is 2.40 bits per heavy atom. The predicted molar refractivity (Wildman–Crippen MR) is 75.4 cm³/mol. The standard InChI is InChI=1S/C14H16FN5/c1-11-16-5-3-14(18-11)20-8-6-19(7-9-20)12-2-4-17-13(15)10-12/h2-5,10H,6-9H2,1H3. The Morgan fingerprint density at radius 1 is 1.00 bits per heavy atom. The molecule has 1 fully saturated rings. The molecule has 3 rings (SSSR count). The molecule has 0 N–H and O–H groups in total. The molecule has 2 aromatic rings. The highest BCUT2D eigenvalue weighted by atomic mass is 19.1. The lowest BCUT2D eigenvalue weighted by atomic mass is 10.2. The molecule has 104 valence electrons. The second-order valence-electron chi connectivity index (χ2n) is 4.77. The van der Waals surface area contributed by atoms with E-state index in [9.17, 15) is 4.39 Å². The Hall–Kier alpha value is -2.24. The summed E-state index contributed by atoms with van der Waals surface area (Å²) < 4.78 is 13.1. The fourth-order valence-electron chi connectivity index (χ4n) is 2.40. The molecule has 2 aromatic heterocycles. The van der Waals surface area contributed by atoms with Gasteiger partial charge in [-0.15, -0.1) is 0 Å². The molecule has 3 heterocycles. The number of hydrogen-bond acceptors (Lipinski definition) is 5. The van der Waals surface area contributed by atoms with Crippen molar-refractivity contribution < 1.29 is 4.39 Å². The first kappa shape index (κ1) is 12.8. The van der Waals surface area contributed by atoms with Gasteiger partial charge in [-0.05, 0) is 19.1 Å². The molecule has 0 saturated carbocycles. The molecule has 1 aliphatic heterocycles. The predicted octanol–water partition coefficient (Wildman–Crippen LogP) is 1.65. The summed E-state index contributed by atoms with van der Waals surface area (Å²) >= 11 is 0. The second-order valence-corrected chi connectivity index (χ2v) is 4.77. The van der Waals surface area contributed by atoms with Crippen molar-refractivity contribution in [3.05, 3.63) is 42.4 Å². The zero-order valence-electron chi connectivity index (χ0n) is 11.3. The highest BCUT2D eigenvalue weighted by molar-refractivity contribution is 5.48. The molecule has 1 aliphatic rings. The molecular formula is C14H16FN5. The Bertz CT molecular complexity index is 542. The molecule has 0 bridgehead atoms. The number of halogens is 1. The first-order valence-corrected chi connectivity index (χ1v) is 6.63. The van der Waals surface area contributed by atoms with E-state index in [0.29, 0.717) is 0 Å². The molecule has 6 heteroatoms. The van der Waals surface area contributed by atoms with Gasteiger partial charge in [0, 0.05) is 50.3 Å². The lowest BCUT2D eigenvalue weighted by Crippen LogP contribution is -2.46. The molecular weight excluding hydrogens is 257 g/mol. The number of aryl methyl sites for hydroxylation is 1. The summed E-state index contributed by atoms with van der Waals surface area (Å²) in [5.41, 5.74) is 0.885. The molecule has 20 heavy (non-hydrogen) atoms. The first-order chi connectivity index (χ1) is 9.72. The van der Waals surface area contributed by atoms with Crippen molar-refractivity contribution in [3.8, 4) is 0 Å². The number of piperazine rings is 1. The number of anilines is 2. The molecule has 0 atom stereocenters. The van der Waals surface area contributed by atoms with Crippen LogP contribution < -0.4 is 9.80 Å². The van der Waals surface area contributed by atoms with E-state index in [2.05, 4.69) is 24.8 Å². The Balaban J connectivity index is 1.68. The lowest BCUT2D eigenvalue weighted by Gasteiger charge is -2.36. The summed E-state index contributed by atoms with van der Waals surface area (Å²) in [6, 6.07) is 5.24. The molecule has 5 nitrogen and oxygen atoms in total. The van der Waals surface area contributed by atoms with Crippen molar-refractivity contribution in [2.75, 3.05) is 36.0 Å². The maximum atomic E-state index is 13.1. The quantitative estimate of drug-likeness (QED) is 0.778. The van der Waals surface area contributed by atoms with Crippen molar-refractivity contribution >= 4 is 11.5 Å². The minimum absolute atomic E-state index is 0.434. The number of pyridine rings is 1. The molecule has 0 radical (unpaired) electrons. The molecule has 0 unspecified atom stereocenters. The van der Waals surface area contributed by atoms with Crippen molar-refractivity contribution in [2.45, 2.75) is 6.92 Å². The number of nitrogens with zero attached hydrogens (tertiary/aromatic N) is 5. The van der Waals surface area contributed by atoms with E-state index in [4.69, 9.17) is 0 Å². The van der Waals surface area contributed by atoms with Crippen molar-refractivity contribution in [2.24, 2.45) is 0 Å². The van der Waals surface area contributed by atoms with Crippen LogP contribution in [0.1, 0.15) is 5.82 Å². The van der Waals surface area contributed by atoms with Gasteiger partial charge in [-0.1, -0.05) is 0 Å². The van der Waals surface area contributed by atoms with Gasteiger partial charge in [0.1, 0.15) is 11.6 Å². The summed E-state index contributed by atoms with van der Waals surface area (Å²) in [6.45, 7) is 5.29. The Morgan fingerprint density at radius 2 is 1.70 bits per heavy atom. The Labute approximate surface area is 117 Å². The van der Waals surface area contributed by atoms with E-state index in [1.165, 1.54) is 12.3 Å². The third kappa shape index (κ3) is 2.68. The summed E-state index contributed by atoms with van der Waals surface area (Å²) in [6.07, 6.45) is 3.28. The van der Waals surface area contributed by atoms with Crippen molar-refractivity contribution in [1.82, 2.24) is 15.0 Å². The average molecular weight is 273 g/mol. The average Bonchev–Trinajstić information content (AvgIpc) is 2.47. The van der Waals surface area contributed by atoms with E-state index in [-0.39, 0.29) is 0 Å². The minimum Gasteiger partial charge on any atom is -0.368 e. The van der Waals surface area contributed by atoms with Gasteiger partial charge in [0.25, 0.3) is 0 Å². The van der Waals surface area contributed by atoms with Gasteiger partial charge >= 0.3 is 0 Å². The van der Waals surface area contributed by atoms with Crippen LogP contribution in [0.3, 0.4) is 0 Å². The molecule has 0 amide bonds. The summed E-state index contributed by atoms with van der Waals surface area (Å²) in [4.78, 5) is 16.5. The van der Waals surface area contributed by atoms with Crippen LogP contribution in [0.15, 0.2) is 30.6 Å². The highest BCUT2D eigenvalue weighted by Crippen LogP contribution is 2.19. The van der Waals surface area contributed by atoms with E-state index < -0.39 is 5.95 Å². The van der Waals surface area contributed by atoms with Crippen LogP contribution in [0.4, 0.5) is 15.9 Å². The Kier molecular flexibility index (Phi) is 3.45. The van der Waals surface area contributed by atoms with Crippen molar-refractivity contribution in [3.63, 3.8) is 0 Å². The van der Waals surface area contributed by atoms with Crippen LogP contribution in [-0.4, -0.2) is 41.1 Å². The summed E-state index contributed by atoms with van der Waals surface area (Å²) in [5, 5.41) is 0. The monoisotopic (exact) mass is 273 g/mol. The zero-order valence-corrected chi connectivity index (χ0v) is 11.3. The maximum Gasteiger partial charge on any atom is 0.214 e. The number of rotatable bonds is 2. The zero-order chi connectivity index (χ0) is 13.9. The van der Waals surface area contributed by atoms with Crippen LogP contribution in [0, 0.1) is 12.9 Å². The molecule has 0 spiro atoms. The number of hydrogen-bond donors (Lipinski definition) is 0. The summed E-state index contributed by atoms with van der Waals surface area (Å²) in [5.74, 6) is 1.30. The van der Waals surface area contributed by atoms with Crippen LogP contribution in [0.5, 0.6) is 0 Å². The fourth-order valence-corrected chi connectivity index (χ4v) is 2.40. The molecule has 0 aromatic carbocycles. The van der Waals surface area contributed by atoms with Gasteiger partial charge in [-0.2, -0.15) is 4.39 Å². The highest BCUT2D eigenvalue weighted by Gasteiger charge is 2.18. The maximum absolute atomic E-state index is 13.1. The van der Waals surface area contributed by atoms with E-state index in [1.807, 2.05) is 19.1 Å². The number of aromatic nitrogens is 3. The largest absolute Gasteiger partial charge is 0.368 e. The SMILES string of the molecule is Cc1nccc(N2CCN(c3ccnc(F)c3)CC2)n1. The second kappa shape index (κ2) is 5.40. The van der Waals surface area contributed by atoms with Gasteiger partial charge in [0.05, 0.1) is 0 Å². The summed E-state index contributed by atoms with van der Waals surface area (Å²) in [7, 11) is 0. The van der Waals surface area contributed by atoms with E-state index in [0.717, 1.165) is 43.5 Å². The molecule has 1 saturated heterocycles. The van der Waals surface area contributed by atoms with Gasteiger partial charge in [-0.25, -0.2) is 15.0 Å². The minimum atomic E-state index is -0.434. The van der Waals surface area contributed by atoms with E-state index in [1.54, 1.807) is 6.20 Å². The van der Waals surface area contributed by atoms with Gasteiger partial charge in [0.15, 0.2) is 0 Å². The fraction of sp³-hybridized carbons (Fsp3) is 0.357. The van der Waals surface area contributed by atoms with Gasteiger partial charge < -0.3 is 9.80 Å². The van der Waals surface area contributed by atoms with Gasteiger partial charge in [0.2, 0.25) is 5.95 Å². The molecule has 0 aliphatic carbocycles. The smallest absolute Gasteiger partial charge is 0.214 e. The normalized spacial score (nSPS) is 15.5. The van der Waals surface area contributed by atoms with Crippen LogP contribution in [0.2, 0.25) is 0 Å². The topological polar surface area (TPSA) is 45.2 Å². The van der Waals surface area contributed by atoms with Crippen LogP contribution >= 0.6 is 0 Å². The van der Waals surface area contributed by atoms with Crippen LogP contribution in [0.25, 0.3) is 0 Å². The third-order valence-corrected chi connectivity index (χ3v) is 3.44. The van der Waals surface area contributed by atoms with Gasteiger partial charge in [-0.3, -0.25) is 0 Å². The van der Waals surface area contributed by atoms with Crippen molar-refractivity contribution in [1.29, 1.82) is 0 Å². The third-order valence-electron chi connectivity index (χ3n) is 3.44. The lowest BCUT2D eigenvalue weighted by molar-refractivity contribution is 0.580. The van der Waals surface area contributed by atoms with E-state index >= 15 is 0 Å². The first-order valence-electron chi connectivity index (χ1n) is 6.63.